The molecule has 3 rings (SSSR count). The quantitative estimate of drug-likeness (QED) is 0.786. The Morgan fingerprint density at radius 2 is 1.96 bits per heavy atom. The molecule has 1 saturated heterocycles. The van der Waals surface area contributed by atoms with Gasteiger partial charge in [0.2, 0.25) is 0 Å². The van der Waals surface area contributed by atoms with E-state index in [0.29, 0.717) is 18.0 Å². The van der Waals surface area contributed by atoms with Crippen LogP contribution in [-0.2, 0) is 16.1 Å². The van der Waals surface area contributed by atoms with Crippen LogP contribution < -0.4 is 5.32 Å². The molecule has 1 aliphatic rings. The molecule has 7 nitrogen and oxygen atoms in total. The Balaban J connectivity index is 1.58. The van der Waals surface area contributed by atoms with Gasteiger partial charge in [-0.25, -0.2) is 0 Å². The summed E-state index contributed by atoms with van der Waals surface area (Å²) in [4.78, 5) is 28.4. The number of carbonyl (C=O) groups excluding carboxylic acids is 2. The van der Waals surface area contributed by atoms with E-state index < -0.39 is 11.8 Å². The van der Waals surface area contributed by atoms with Crippen molar-refractivity contribution in [3.05, 3.63) is 53.4 Å². The molecule has 1 N–H and O–H groups in total. The third-order valence-corrected chi connectivity index (χ3v) is 4.84. The summed E-state index contributed by atoms with van der Waals surface area (Å²) < 4.78 is 5.00. The molecule has 1 aromatic heterocycles. The maximum atomic E-state index is 12.4. The normalized spacial score (nSPS) is 15.5. The first kappa shape index (κ1) is 19.1. The van der Waals surface area contributed by atoms with Gasteiger partial charge in [-0.2, -0.15) is 0 Å². The molecule has 0 radical (unpaired) electrons. The van der Waals surface area contributed by atoms with Crippen LogP contribution in [0.15, 0.2) is 40.9 Å². The minimum atomic E-state index is -0.599. The summed E-state index contributed by atoms with van der Waals surface area (Å²) in [5, 5.41) is 6.67. The van der Waals surface area contributed by atoms with Crippen LogP contribution in [0.4, 0.5) is 0 Å². The van der Waals surface area contributed by atoms with Crippen LogP contribution in [0.25, 0.3) is 0 Å². The third-order valence-electron chi connectivity index (χ3n) is 4.84. The molecule has 0 bridgehead atoms. The van der Waals surface area contributed by atoms with Crippen LogP contribution in [0.5, 0.6) is 0 Å². The van der Waals surface area contributed by atoms with Crippen molar-refractivity contribution in [1.29, 1.82) is 0 Å². The topological polar surface area (TPSA) is 78.7 Å². The Bertz CT molecular complexity index is 769. The van der Waals surface area contributed by atoms with Crippen molar-refractivity contribution in [2.45, 2.75) is 32.4 Å². The highest BCUT2D eigenvalue weighted by Gasteiger charge is 2.26. The second kappa shape index (κ2) is 8.81. The number of carbonyl (C=O) groups is 2. The minimum Gasteiger partial charge on any atom is -0.361 e. The number of amides is 2. The van der Waals surface area contributed by atoms with Crippen molar-refractivity contribution < 1.29 is 14.1 Å². The molecule has 144 valence electrons. The molecule has 0 unspecified atom stereocenters. The van der Waals surface area contributed by atoms with Crippen LogP contribution in [0.1, 0.15) is 35.9 Å². The average Bonchev–Trinajstić information content (AvgIpc) is 3.34. The van der Waals surface area contributed by atoms with E-state index in [1.807, 2.05) is 18.2 Å². The van der Waals surface area contributed by atoms with Gasteiger partial charge in [0, 0.05) is 19.7 Å². The number of benzene rings is 1. The number of aromatic nitrogens is 1. The Hall–Kier alpha value is -2.67. The van der Waals surface area contributed by atoms with Gasteiger partial charge in [0.1, 0.15) is 11.5 Å². The van der Waals surface area contributed by atoms with Crippen molar-refractivity contribution in [2.75, 3.05) is 26.7 Å². The molecular weight excluding hydrogens is 344 g/mol. The summed E-state index contributed by atoms with van der Waals surface area (Å²) in [7, 11) is 1.58. The fourth-order valence-electron chi connectivity index (χ4n) is 3.43. The van der Waals surface area contributed by atoms with Crippen LogP contribution in [0.3, 0.4) is 0 Å². The number of likely N-dealkylation sites (N-methyl/N-ethyl adjacent to an activating group) is 1. The summed E-state index contributed by atoms with van der Waals surface area (Å²) in [6.45, 7) is 4.44. The van der Waals surface area contributed by atoms with E-state index in [0.717, 1.165) is 31.5 Å². The monoisotopic (exact) mass is 370 g/mol. The fraction of sp³-hybridized carbons (Fsp3) is 0.450. The Labute approximate surface area is 159 Å². The molecular formula is C20H26N4O3. The van der Waals surface area contributed by atoms with E-state index in [1.165, 1.54) is 4.90 Å². The molecule has 0 spiro atoms. The lowest BCUT2D eigenvalue weighted by Crippen LogP contribution is -2.44. The smallest absolute Gasteiger partial charge is 0.311 e. The highest BCUT2D eigenvalue weighted by Crippen LogP contribution is 2.24. The van der Waals surface area contributed by atoms with E-state index in [9.17, 15) is 9.59 Å². The van der Waals surface area contributed by atoms with Gasteiger partial charge in [0.15, 0.2) is 0 Å². The Morgan fingerprint density at radius 1 is 1.26 bits per heavy atom. The number of rotatable bonds is 6. The summed E-state index contributed by atoms with van der Waals surface area (Å²) in [5.41, 5.74) is 1.77. The second-order valence-electron chi connectivity index (χ2n) is 6.97. The maximum Gasteiger partial charge on any atom is 0.311 e. The number of likely N-dealkylation sites (tertiary alicyclic amines) is 1. The first-order valence-electron chi connectivity index (χ1n) is 9.29. The molecule has 1 aliphatic heterocycles. The van der Waals surface area contributed by atoms with Gasteiger partial charge in [-0.1, -0.05) is 35.5 Å². The van der Waals surface area contributed by atoms with Crippen LogP contribution >= 0.6 is 0 Å². The lowest BCUT2D eigenvalue weighted by molar-refractivity contribution is -0.145. The first-order chi connectivity index (χ1) is 13.0. The predicted octanol–water partition coefficient (Wildman–Crippen LogP) is 1.89. The third kappa shape index (κ3) is 4.95. The second-order valence-corrected chi connectivity index (χ2v) is 6.97. The van der Waals surface area contributed by atoms with E-state index in [4.69, 9.17) is 4.52 Å². The van der Waals surface area contributed by atoms with Gasteiger partial charge < -0.3 is 14.7 Å². The molecule has 0 aliphatic carbocycles. The zero-order chi connectivity index (χ0) is 19.2. The van der Waals surface area contributed by atoms with Gasteiger partial charge in [0.25, 0.3) is 0 Å². The zero-order valence-electron chi connectivity index (χ0n) is 15.9. The Morgan fingerprint density at radius 3 is 2.59 bits per heavy atom. The fourth-order valence-corrected chi connectivity index (χ4v) is 3.43. The molecule has 2 heterocycles. The molecule has 27 heavy (non-hydrogen) atoms. The summed E-state index contributed by atoms with van der Waals surface area (Å²) in [6, 6.07) is 11.9. The number of hydrogen-bond acceptors (Lipinski definition) is 5. The van der Waals surface area contributed by atoms with E-state index >= 15 is 0 Å². The molecule has 2 aromatic rings. The summed E-state index contributed by atoms with van der Waals surface area (Å²) >= 11 is 0. The number of nitrogens with one attached hydrogen (secondary N) is 1. The van der Waals surface area contributed by atoms with E-state index in [2.05, 4.69) is 27.5 Å². The highest BCUT2D eigenvalue weighted by atomic mass is 16.5. The van der Waals surface area contributed by atoms with Crippen LogP contribution in [0, 0.1) is 6.92 Å². The molecule has 1 aromatic carbocycles. The van der Waals surface area contributed by atoms with Gasteiger partial charge in [-0.05, 0) is 38.4 Å². The Kier molecular flexibility index (Phi) is 6.24. The van der Waals surface area contributed by atoms with E-state index in [1.54, 1.807) is 20.0 Å². The van der Waals surface area contributed by atoms with Gasteiger partial charge in [0.05, 0.1) is 12.6 Å². The predicted molar refractivity (Wildman–Crippen MR) is 101 cm³/mol. The largest absolute Gasteiger partial charge is 0.361 e. The van der Waals surface area contributed by atoms with Crippen LogP contribution in [0.2, 0.25) is 0 Å². The first-order valence-corrected chi connectivity index (χ1v) is 9.29. The van der Waals surface area contributed by atoms with Crippen molar-refractivity contribution in [2.24, 2.45) is 0 Å². The van der Waals surface area contributed by atoms with Gasteiger partial charge in [-0.3, -0.25) is 14.5 Å². The number of nitrogens with zero attached hydrogens (tertiary/aromatic N) is 3. The SMILES string of the molecule is Cc1cc(CN(C)C(=O)C(=O)NC[C@@H](c2ccccc2)N2CCCC2)no1. The average molecular weight is 370 g/mol. The molecule has 1 fully saturated rings. The van der Waals surface area contributed by atoms with Crippen LogP contribution in [-0.4, -0.2) is 53.5 Å². The van der Waals surface area contributed by atoms with Gasteiger partial charge >= 0.3 is 11.8 Å². The van der Waals surface area contributed by atoms with E-state index in [-0.39, 0.29) is 12.6 Å². The number of aryl methyl sites for hydroxylation is 1. The standard InChI is InChI=1S/C20H26N4O3/c1-15-12-17(22-27-15)14-23(2)20(26)19(25)21-13-18(24-10-6-7-11-24)16-8-4-3-5-9-16/h3-5,8-9,12,18H,6-7,10-11,13-14H2,1-2H3,(H,21,25)/t18-/m0/s1. The summed E-state index contributed by atoms with van der Waals surface area (Å²) in [5.74, 6) is -0.506. The maximum absolute atomic E-state index is 12.4. The number of hydrogen-bond donors (Lipinski definition) is 1. The van der Waals surface area contributed by atoms with Crippen molar-refractivity contribution in [3.8, 4) is 0 Å². The molecule has 7 heteroatoms. The zero-order valence-corrected chi connectivity index (χ0v) is 15.9. The van der Waals surface area contributed by atoms with Crippen molar-refractivity contribution in [3.63, 3.8) is 0 Å². The highest BCUT2D eigenvalue weighted by molar-refractivity contribution is 6.34. The molecule has 1 atom stereocenters. The van der Waals surface area contributed by atoms with Gasteiger partial charge in [-0.15, -0.1) is 0 Å². The molecule has 2 amide bonds. The lowest BCUT2D eigenvalue weighted by Gasteiger charge is -2.28. The van der Waals surface area contributed by atoms with Crippen molar-refractivity contribution in [1.82, 2.24) is 20.3 Å². The summed E-state index contributed by atoms with van der Waals surface area (Å²) in [6.07, 6.45) is 2.33. The molecule has 0 saturated carbocycles. The van der Waals surface area contributed by atoms with Crippen molar-refractivity contribution >= 4 is 11.8 Å². The minimum absolute atomic E-state index is 0.0777. The lowest BCUT2D eigenvalue weighted by atomic mass is 10.1.